The summed E-state index contributed by atoms with van der Waals surface area (Å²) < 4.78 is 28.3. The number of sulfone groups is 1. The van der Waals surface area contributed by atoms with Gasteiger partial charge in [0, 0.05) is 26.1 Å². The maximum Gasteiger partial charge on any atom is 0.152 e. The summed E-state index contributed by atoms with van der Waals surface area (Å²) >= 11 is 0. The van der Waals surface area contributed by atoms with Crippen molar-refractivity contribution in [2.45, 2.75) is 96.7 Å². The van der Waals surface area contributed by atoms with Crippen LogP contribution in [-0.2, 0) is 14.6 Å². The highest BCUT2D eigenvalue weighted by Crippen LogP contribution is 2.29. The van der Waals surface area contributed by atoms with Gasteiger partial charge < -0.3 is 9.84 Å². The van der Waals surface area contributed by atoms with E-state index in [4.69, 9.17) is 9.84 Å². The van der Waals surface area contributed by atoms with Crippen molar-refractivity contribution in [3.05, 3.63) is 0 Å². The van der Waals surface area contributed by atoms with E-state index in [1.165, 1.54) is 31.9 Å². The van der Waals surface area contributed by atoms with E-state index in [-0.39, 0.29) is 0 Å². The van der Waals surface area contributed by atoms with Crippen LogP contribution in [0, 0.1) is 5.41 Å². The largest absolute Gasteiger partial charge is 0.396 e. The Bertz CT molecular complexity index is 427. The topological polar surface area (TPSA) is 63.6 Å². The van der Waals surface area contributed by atoms with Gasteiger partial charge in [0.05, 0.1) is 4.75 Å². The number of ether oxygens (including phenoxy) is 1. The van der Waals surface area contributed by atoms with Gasteiger partial charge in [-0.1, -0.05) is 33.1 Å². The minimum absolute atomic E-state index is 0.309. The first-order valence-corrected chi connectivity index (χ1v) is 11.8. The van der Waals surface area contributed by atoms with Crippen LogP contribution >= 0.6 is 0 Å². The molecule has 0 unspecified atom stereocenters. The number of hydrogen-bond acceptors (Lipinski definition) is 4. The van der Waals surface area contributed by atoms with E-state index in [9.17, 15) is 8.42 Å². The molecule has 0 heterocycles. The monoisotopic (exact) mass is 378 g/mol. The van der Waals surface area contributed by atoms with Crippen molar-refractivity contribution in [1.82, 2.24) is 0 Å². The standard InChI is InChI=1S/C20H42O4S/c1-19(2,13-7-6-10-16-21)14-8-11-17-24-18-12-9-15-20(3,4)25(5,22)23/h21H,6-18H2,1-5H3. The van der Waals surface area contributed by atoms with Crippen LogP contribution in [0.25, 0.3) is 0 Å². The van der Waals surface area contributed by atoms with Crippen molar-refractivity contribution in [2.24, 2.45) is 5.41 Å². The van der Waals surface area contributed by atoms with Gasteiger partial charge in [-0.3, -0.25) is 0 Å². The second-order valence-electron chi connectivity index (χ2n) is 8.76. The molecular weight excluding hydrogens is 336 g/mol. The fraction of sp³-hybridized carbons (Fsp3) is 1.00. The van der Waals surface area contributed by atoms with E-state index in [0.717, 1.165) is 45.3 Å². The lowest BCUT2D eigenvalue weighted by molar-refractivity contribution is 0.122. The van der Waals surface area contributed by atoms with Gasteiger partial charge in [-0.25, -0.2) is 8.42 Å². The number of aliphatic hydroxyl groups excluding tert-OH is 1. The summed E-state index contributed by atoms with van der Waals surface area (Å²) in [5, 5.41) is 8.81. The summed E-state index contributed by atoms with van der Waals surface area (Å²) in [5.41, 5.74) is 0.382. The Morgan fingerprint density at radius 3 is 1.72 bits per heavy atom. The summed E-state index contributed by atoms with van der Waals surface area (Å²) in [6.45, 7) is 10.1. The molecule has 0 aliphatic carbocycles. The molecule has 0 aliphatic heterocycles. The van der Waals surface area contributed by atoms with Crippen LogP contribution in [0.3, 0.4) is 0 Å². The van der Waals surface area contributed by atoms with E-state index in [1.54, 1.807) is 13.8 Å². The molecule has 0 rings (SSSR count). The molecule has 0 aromatic carbocycles. The van der Waals surface area contributed by atoms with Crippen molar-refractivity contribution in [3.63, 3.8) is 0 Å². The zero-order chi connectivity index (χ0) is 19.4. The minimum atomic E-state index is -2.98. The first-order valence-electron chi connectivity index (χ1n) is 9.90. The lowest BCUT2D eigenvalue weighted by Gasteiger charge is -2.24. The predicted octanol–water partition coefficient (Wildman–Crippen LogP) is 4.75. The van der Waals surface area contributed by atoms with E-state index in [0.29, 0.717) is 18.4 Å². The summed E-state index contributed by atoms with van der Waals surface area (Å²) in [6.07, 6.45) is 11.8. The van der Waals surface area contributed by atoms with Gasteiger partial charge >= 0.3 is 0 Å². The van der Waals surface area contributed by atoms with Gasteiger partial charge in [0.15, 0.2) is 9.84 Å². The van der Waals surface area contributed by atoms with Crippen LogP contribution in [0.5, 0.6) is 0 Å². The highest BCUT2D eigenvalue weighted by Gasteiger charge is 2.29. The van der Waals surface area contributed by atoms with Crippen LogP contribution in [-0.4, -0.2) is 44.3 Å². The Labute approximate surface area is 156 Å². The number of aliphatic hydroxyl groups is 1. The second-order valence-corrected chi connectivity index (χ2v) is 11.4. The maximum absolute atomic E-state index is 11.6. The molecule has 0 radical (unpaired) electrons. The van der Waals surface area contributed by atoms with Crippen molar-refractivity contribution in [2.75, 3.05) is 26.1 Å². The Morgan fingerprint density at radius 2 is 1.24 bits per heavy atom. The first-order chi connectivity index (χ1) is 11.5. The molecule has 0 aliphatic rings. The predicted molar refractivity (Wildman–Crippen MR) is 107 cm³/mol. The molecular formula is C20H42O4S. The van der Waals surface area contributed by atoms with E-state index in [2.05, 4.69) is 13.8 Å². The summed E-state index contributed by atoms with van der Waals surface area (Å²) in [7, 11) is -2.98. The molecule has 0 atom stereocenters. The highest BCUT2D eigenvalue weighted by molar-refractivity contribution is 7.92. The van der Waals surface area contributed by atoms with Gasteiger partial charge in [-0.05, 0) is 64.2 Å². The number of rotatable bonds is 16. The number of hydrogen-bond donors (Lipinski definition) is 1. The average Bonchev–Trinajstić information content (AvgIpc) is 2.48. The van der Waals surface area contributed by atoms with E-state index in [1.807, 2.05) is 0 Å². The van der Waals surface area contributed by atoms with E-state index < -0.39 is 14.6 Å². The van der Waals surface area contributed by atoms with Crippen LogP contribution in [0.2, 0.25) is 0 Å². The SMILES string of the molecule is CC(C)(CCCCCO)CCCCOCCCCC(C)(C)S(C)(=O)=O. The molecule has 0 aromatic heterocycles. The van der Waals surface area contributed by atoms with Gasteiger partial charge in [0.1, 0.15) is 0 Å². The first kappa shape index (κ1) is 24.9. The van der Waals surface area contributed by atoms with Crippen LogP contribution in [0.1, 0.15) is 91.9 Å². The van der Waals surface area contributed by atoms with Gasteiger partial charge in [-0.2, -0.15) is 0 Å². The fourth-order valence-corrected chi connectivity index (χ4v) is 3.38. The third-order valence-corrected chi connectivity index (χ3v) is 7.44. The molecule has 0 fully saturated rings. The Balaban J connectivity index is 3.58. The lowest BCUT2D eigenvalue weighted by Crippen LogP contribution is -2.30. The van der Waals surface area contributed by atoms with Crippen molar-refractivity contribution >= 4 is 9.84 Å². The molecule has 1 N–H and O–H groups in total. The zero-order valence-electron chi connectivity index (χ0n) is 17.3. The molecule has 152 valence electrons. The van der Waals surface area contributed by atoms with E-state index >= 15 is 0 Å². The lowest BCUT2D eigenvalue weighted by atomic mass is 9.82. The van der Waals surface area contributed by atoms with Gasteiger partial charge in [-0.15, -0.1) is 0 Å². The Kier molecular flexibility index (Phi) is 12.2. The highest BCUT2D eigenvalue weighted by atomic mass is 32.2. The molecule has 5 heteroatoms. The summed E-state index contributed by atoms with van der Waals surface area (Å²) in [4.78, 5) is 0. The smallest absolute Gasteiger partial charge is 0.152 e. The molecule has 0 saturated heterocycles. The van der Waals surface area contributed by atoms with Crippen molar-refractivity contribution < 1.29 is 18.3 Å². The summed E-state index contributed by atoms with van der Waals surface area (Å²) in [5.74, 6) is 0. The fourth-order valence-electron chi connectivity index (χ4n) is 2.87. The maximum atomic E-state index is 11.6. The zero-order valence-corrected chi connectivity index (χ0v) is 18.1. The van der Waals surface area contributed by atoms with Crippen molar-refractivity contribution in [1.29, 1.82) is 0 Å². The third-order valence-electron chi connectivity index (χ3n) is 5.23. The number of unbranched alkanes of at least 4 members (excludes halogenated alkanes) is 4. The van der Waals surface area contributed by atoms with Crippen molar-refractivity contribution in [3.8, 4) is 0 Å². The molecule has 0 bridgehead atoms. The van der Waals surface area contributed by atoms with Gasteiger partial charge in [0.2, 0.25) is 0 Å². The average molecular weight is 379 g/mol. The summed E-state index contributed by atoms with van der Waals surface area (Å²) in [6, 6.07) is 0. The third kappa shape index (κ3) is 12.8. The molecule has 0 spiro atoms. The minimum Gasteiger partial charge on any atom is -0.396 e. The Hall–Kier alpha value is -0.130. The quantitative estimate of drug-likeness (QED) is 0.394. The van der Waals surface area contributed by atoms with Crippen LogP contribution in [0.4, 0.5) is 0 Å². The molecule has 0 saturated carbocycles. The molecule has 0 amide bonds. The molecule has 25 heavy (non-hydrogen) atoms. The second kappa shape index (κ2) is 12.3. The normalized spacial score (nSPS) is 13.4. The molecule has 0 aromatic rings. The molecule has 4 nitrogen and oxygen atoms in total. The Morgan fingerprint density at radius 1 is 0.760 bits per heavy atom. The van der Waals surface area contributed by atoms with Gasteiger partial charge in [0.25, 0.3) is 0 Å². The van der Waals surface area contributed by atoms with Crippen LogP contribution in [0.15, 0.2) is 0 Å². The van der Waals surface area contributed by atoms with Crippen LogP contribution < -0.4 is 0 Å².